The highest BCUT2D eigenvalue weighted by atomic mass is 16.3. The van der Waals surface area contributed by atoms with Gasteiger partial charge >= 0.3 is 0 Å². The summed E-state index contributed by atoms with van der Waals surface area (Å²) in [5.41, 5.74) is 3.59. The minimum Gasteiger partial charge on any atom is -0.507 e. The van der Waals surface area contributed by atoms with Gasteiger partial charge in [0, 0.05) is 5.69 Å². The van der Waals surface area contributed by atoms with Crippen molar-refractivity contribution < 1.29 is 5.11 Å². The van der Waals surface area contributed by atoms with E-state index in [2.05, 4.69) is 0 Å². The average Bonchev–Trinajstić information content (AvgIpc) is 2.97. The first-order valence-corrected chi connectivity index (χ1v) is 7.57. The van der Waals surface area contributed by atoms with E-state index in [-0.39, 0.29) is 5.75 Å². The van der Waals surface area contributed by atoms with Crippen molar-refractivity contribution >= 4 is 10.8 Å². The zero-order valence-electron chi connectivity index (χ0n) is 12.8. The van der Waals surface area contributed by atoms with Crippen molar-refractivity contribution in [2.45, 2.75) is 6.92 Å². The monoisotopic (exact) mass is 300 g/mol. The number of rotatable bonds is 2. The normalized spacial score (nSPS) is 11.0. The molecule has 1 aromatic heterocycles. The molecule has 4 aromatic rings. The highest BCUT2D eigenvalue weighted by Crippen LogP contribution is 2.36. The Hall–Kier alpha value is -3.07. The summed E-state index contributed by atoms with van der Waals surface area (Å²) in [6.45, 7) is 2.02. The van der Waals surface area contributed by atoms with Crippen LogP contribution in [0.4, 0.5) is 0 Å². The molecule has 1 N–H and O–H groups in total. The Bertz CT molecular complexity index is 987. The van der Waals surface area contributed by atoms with Gasteiger partial charge in [0.05, 0.1) is 16.9 Å². The van der Waals surface area contributed by atoms with Gasteiger partial charge in [-0.05, 0) is 42.0 Å². The first-order valence-electron chi connectivity index (χ1n) is 7.57. The molecule has 0 radical (unpaired) electrons. The molecule has 0 amide bonds. The van der Waals surface area contributed by atoms with Crippen molar-refractivity contribution in [3.8, 4) is 22.7 Å². The van der Waals surface area contributed by atoms with E-state index in [9.17, 15) is 5.11 Å². The van der Waals surface area contributed by atoms with Crippen LogP contribution in [-0.4, -0.2) is 14.9 Å². The molecule has 0 unspecified atom stereocenters. The fraction of sp³-hybridized carbons (Fsp3) is 0.0500. The fourth-order valence-electron chi connectivity index (χ4n) is 2.96. The third-order valence-corrected chi connectivity index (χ3v) is 4.05. The van der Waals surface area contributed by atoms with Crippen molar-refractivity contribution in [3.63, 3.8) is 0 Å². The number of aryl methyl sites for hydroxylation is 1. The molecule has 3 nitrogen and oxygen atoms in total. The van der Waals surface area contributed by atoms with Crippen LogP contribution in [-0.2, 0) is 0 Å². The number of fused-ring (bicyclic) bond motifs is 1. The Balaban J connectivity index is 1.95. The molecule has 23 heavy (non-hydrogen) atoms. The topological polar surface area (TPSA) is 38.1 Å². The molecule has 0 fully saturated rings. The second kappa shape index (κ2) is 5.29. The van der Waals surface area contributed by atoms with E-state index < -0.39 is 0 Å². The van der Waals surface area contributed by atoms with Crippen LogP contribution < -0.4 is 0 Å². The standard InChI is InChI=1S/C20H16N2O/c1-14-13-18(21-22(14)16-8-3-2-4-9-16)20-17-10-6-5-7-15(17)11-12-19(20)23/h2-13,23H,1H3. The highest BCUT2D eigenvalue weighted by molar-refractivity contribution is 5.98. The summed E-state index contributed by atoms with van der Waals surface area (Å²) >= 11 is 0. The van der Waals surface area contributed by atoms with Gasteiger partial charge in [-0.25, -0.2) is 4.68 Å². The number of benzene rings is 3. The lowest BCUT2D eigenvalue weighted by Crippen LogP contribution is -1.98. The Labute approximate surface area is 134 Å². The molecule has 112 valence electrons. The van der Waals surface area contributed by atoms with E-state index in [0.29, 0.717) is 0 Å². The molecule has 1 heterocycles. The minimum atomic E-state index is 0.251. The third-order valence-electron chi connectivity index (χ3n) is 4.05. The van der Waals surface area contributed by atoms with Crippen LogP contribution in [0.1, 0.15) is 5.69 Å². The quantitative estimate of drug-likeness (QED) is 0.582. The Kier molecular flexibility index (Phi) is 3.12. The van der Waals surface area contributed by atoms with Crippen LogP contribution in [0, 0.1) is 6.92 Å². The van der Waals surface area contributed by atoms with Crippen LogP contribution in [0.3, 0.4) is 0 Å². The molecule has 0 atom stereocenters. The van der Waals surface area contributed by atoms with Gasteiger partial charge in [0.15, 0.2) is 0 Å². The smallest absolute Gasteiger partial charge is 0.125 e. The number of phenols is 1. The SMILES string of the molecule is Cc1cc(-c2c(O)ccc3ccccc23)nn1-c1ccccc1. The number of para-hydroxylation sites is 1. The zero-order chi connectivity index (χ0) is 15.8. The lowest BCUT2D eigenvalue weighted by Gasteiger charge is -2.07. The molecular formula is C20H16N2O. The molecule has 0 aliphatic carbocycles. The van der Waals surface area contributed by atoms with E-state index in [1.165, 1.54) is 0 Å². The predicted molar refractivity (Wildman–Crippen MR) is 92.9 cm³/mol. The van der Waals surface area contributed by atoms with Gasteiger partial charge in [-0.15, -0.1) is 0 Å². The molecule has 0 spiro atoms. The average molecular weight is 300 g/mol. The summed E-state index contributed by atoms with van der Waals surface area (Å²) in [5.74, 6) is 0.251. The van der Waals surface area contributed by atoms with Gasteiger partial charge in [0.1, 0.15) is 5.75 Å². The number of aromatic hydroxyl groups is 1. The number of hydrogen-bond acceptors (Lipinski definition) is 2. The molecule has 0 aliphatic rings. The highest BCUT2D eigenvalue weighted by Gasteiger charge is 2.14. The molecule has 0 aliphatic heterocycles. The summed E-state index contributed by atoms with van der Waals surface area (Å²) < 4.78 is 1.90. The van der Waals surface area contributed by atoms with Crippen molar-refractivity contribution in [3.05, 3.63) is 78.5 Å². The fourth-order valence-corrected chi connectivity index (χ4v) is 2.96. The molecular weight excluding hydrogens is 284 g/mol. The summed E-state index contributed by atoms with van der Waals surface area (Å²) in [7, 11) is 0. The number of phenolic OH excluding ortho intramolecular Hbond substituents is 1. The molecule has 4 rings (SSSR count). The number of nitrogens with zero attached hydrogens (tertiary/aromatic N) is 2. The third kappa shape index (κ3) is 2.27. The van der Waals surface area contributed by atoms with Gasteiger partial charge in [-0.1, -0.05) is 48.5 Å². The van der Waals surface area contributed by atoms with Crippen LogP contribution in [0.2, 0.25) is 0 Å². The van der Waals surface area contributed by atoms with Gasteiger partial charge < -0.3 is 5.11 Å². The Morgan fingerprint density at radius 2 is 1.61 bits per heavy atom. The van der Waals surface area contributed by atoms with Gasteiger partial charge in [0.2, 0.25) is 0 Å². The molecule has 3 aromatic carbocycles. The Morgan fingerprint density at radius 3 is 2.43 bits per heavy atom. The largest absolute Gasteiger partial charge is 0.507 e. The van der Waals surface area contributed by atoms with Crippen LogP contribution >= 0.6 is 0 Å². The lowest BCUT2D eigenvalue weighted by atomic mass is 10.0. The van der Waals surface area contributed by atoms with Gasteiger partial charge in [-0.2, -0.15) is 5.10 Å². The lowest BCUT2D eigenvalue weighted by molar-refractivity contribution is 0.478. The van der Waals surface area contributed by atoms with E-state index in [1.807, 2.05) is 78.3 Å². The number of hydrogen-bond donors (Lipinski definition) is 1. The minimum absolute atomic E-state index is 0.251. The maximum Gasteiger partial charge on any atom is 0.125 e. The van der Waals surface area contributed by atoms with Crippen molar-refractivity contribution in [2.24, 2.45) is 0 Å². The van der Waals surface area contributed by atoms with Crippen molar-refractivity contribution in [1.29, 1.82) is 0 Å². The zero-order valence-corrected chi connectivity index (χ0v) is 12.8. The summed E-state index contributed by atoms with van der Waals surface area (Å²) in [6, 6.07) is 23.7. The molecule has 0 saturated carbocycles. The molecule has 0 saturated heterocycles. The maximum absolute atomic E-state index is 10.4. The summed E-state index contributed by atoms with van der Waals surface area (Å²) in [6.07, 6.45) is 0. The number of aromatic nitrogens is 2. The van der Waals surface area contributed by atoms with Crippen molar-refractivity contribution in [1.82, 2.24) is 9.78 Å². The van der Waals surface area contributed by atoms with E-state index in [1.54, 1.807) is 6.07 Å². The first-order chi connectivity index (χ1) is 11.2. The second-order valence-electron chi connectivity index (χ2n) is 5.60. The van der Waals surface area contributed by atoms with Gasteiger partial charge in [0.25, 0.3) is 0 Å². The second-order valence-corrected chi connectivity index (χ2v) is 5.60. The molecule has 3 heteroatoms. The van der Waals surface area contributed by atoms with E-state index >= 15 is 0 Å². The van der Waals surface area contributed by atoms with Crippen LogP contribution in [0.25, 0.3) is 27.7 Å². The van der Waals surface area contributed by atoms with Crippen molar-refractivity contribution in [2.75, 3.05) is 0 Å². The van der Waals surface area contributed by atoms with E-state index in [4.69, 9.17) is 5.10 Å². The van der Waals surface area contributed by atoms with Crippen LogP contribution in [0.15, 0.2) is 72.8 Å². The maximum atomic E-state index is 10.4. The predicted octanol–water partition coefficient (Wildman–Crippen LogP) is 4.71. The Morgan fingerprint density at radius 1 is 0.870 bits per heavy atom. The summed E-state index contributed by atoms with van der Waals surface area (Å²) in [4.78, 5) is 0. The molecule has 0 bridgehead atoms. The van der Waals surface area contributed by atoms with E-state index in [0.717, 1.165) is 33.4 Å². The summed E-state index contributed by atoms with van der Waals surface area (Å²) in [5, 5.41) is 17.2. The van der Waals surface area contributed by atoms with Gasteiger partial charge in [-0.3, -0.25) is 0 Å². The first kappa shape index (κ1) is 13.6. The van der Waals surface area contributed by atoms with Crippen LogP contribution in [0.5, 0.6) is 5.75 Å².